The molecular formula is C17H13N3. The van der Waals surface area contributed by atoms with Gasteiger partial charge in [-0.05, 0) is 19.1 Å². The van der Waals surface area contributed by atoms with Gasteiger partial charge in [-0.2, -0.15) is 10.4 Å². The Morgan fingerprint density at radius 3 is 2.35 bits per heavy atom. The smallest absolute Gasteiger partial charge is 0.111 e. The van der Waals surface area contributed by atoms with Gasteiger partial charge < -0.3 is 0 Å². The summed E-state index contributed by atoms with van der Waals surface area (Å²) < 4.78 is 1.74. The van der Waals surface area contributed by atoms with E-state index in [-0.39, 0.29) is 0 Å². The molecule has 0 aliphatic heterocycles. The van der Waals surface area contributed by atoms with Crippen LogP contribution in [0.25, 0.3) is 16.9 Å². The monoisotopic (exact) mass is 259 g/mol. The fraction of sp³-hybridized carbons (Fsp3) is 0.0588. The lowest BCUT2D eigenvalue weighted by atomic mass is 10.1. The van der Waals surface area contributed by atoms with Crippen LogP contribution in [0.1, 0.15) is 11.1 Å². The maximum absolute atomic E-state index is 9.29. The van der Waals surface area contributed by atoms with Crippen LogP contribution in [0.2, 0.25) is 0 Å². The van der Waals surface area contributed by atoms with Crippen molar-refractivity contribution < 1.29 is 0 Å². The van der Waals surface area contributed by atoms with Gasteiger partial charge in [-0.1, -0.05) is 48.0 Å². The average molecular weight is 259 g/mol. The molecule has 96 valence electrons. The lowest BCUT2D eigenvalue weighted by Crippen LogP contribution is -1.93. The Morgan fingerprint density at radius 1 is 1.00 bits per heavy atom. The lowest BCUT2D eigenvalue weighted by Gasteiger charge is -2.00. The Bertz CT molecular complexity index is 762. The Labute approximate surface area is 117 Å². The molecule has 0 spiro atoms. The maximum Gasteiger partial charge on any atom is 0.111 e. The lowest BCUT2D eigenvalue weighted by molar-refractivity contribution is 0.884. The Hall–Kier alpha value is -2.86. The van der Waals surface area contributed by atoms with Gasteiger partial charge in [-0.3, -0.25) is 0 Å². The number of benzene rings is 2. The molecule has 0 amide bonds. The van der Waals surface area contributed by atoms with E-state index in [0.29, 0.717) is 5.56 Å². The largest absolute Gasteiger partial charge is 0.239 e. The molecule has 3 nitrogen and oxygen atoms in total. The molecule has 2 aromatic carbocycles. The number of rotatable bonds is 2. The van der Waals surface area contributed by atoms with Gasteiger partial charge in [-0.25, -0.2) is 4.68 Å². The zero-order valence-corrected chi connectivity index (χ0v) is 11.1. The summed E-state index contributed by atoms with van der Waals surface area (Å²) in [5.74, 6) is 0. The number of aryl methyl sites for hydroxylation is 1. The van der Waals surface area contributed by atoms with Crippen LogP contribution in [0.15, 0.2) is 60.8 Å². The molecule has 0 atom stereocenters. The second kappa shape index (κ2) is 5.02. The first-order valence-corrected chi connectivity index (χ1v) is 6.40. The summed E-state index contributed by atoms with van der Waals surface area (Å²) >= 11 is 0. The summed E-state index contributed by atoms with van der Waals surface area (Å²) in [4.78, 5) is 0. The fourth-order valence-electron chi connectivity index (χ4n) is 2.09. The van der Waals surface area contributed by atoms with Crippen LogP contribution in [0.5, 0.6) is 0 Å². The van der Waals surface area contributed by atoms with E-state index in [9.17, 15) is 5.26 Å². The third-order valence-electron chi connectivity index (χ3n) is 3.18. The molecule has 0 unspecified atom stereocenters. The first-order chi connectivity index (χ1) is 9.78. The Balaban J connectivity index is 2.11. The van der Waals surface area contributed by atoms with Crippen molar-refractivity contribution >= 4 is 0 Å². The third-order valence-corrected chi connectivity index (χ3v) is 3.18. The van der Waals surface area contributed by atoms with Crippen molar-refractivity contribution in [2.24, 2.45) is 0 Å². The highest BCUT2D eigenvalue weighted by Gasteiger charge is 2.11. The molecule has 0 aliphatic rings. The quantitative estimate of drug-likeness (QED) is 0.703. The third kappa shape index (κ3) is 2.19. The molecule has 3 heteroatoms. The van der Waals surface area contributed by atoms with Crippen molar-refractivity contribution in [2.45, 2.75) is 6.92 Å². The molecule has 0 saturated heterocycles. The summed E-state index contributed by atoms with van der Waals surface area (Å²) in [5.41, 5.74) is 4.40. The second-order valence-electron chi connectivity index (χ2n) is 4.65. The molecule has 0 radical (unpaired) electrons. The summed E-state index contributed by atoms with van der Waals surface area (Å²) in [6.07, 6.45) is 1.77. The van der Waals surface area contributed by atoms with Crippen molar-refractivity contribution in [3.63, 3.8) is 0 Å². The van der Waals surface area contributed by atoms with Crippen LogP contribution in [-0.4, -0.2) is 9.78 Å². The van der Waals surface area contributed by atoms with Gasteiger partial charge in [0.15, 0.2) is 0 Å². The van der Waals surface area contributed by atoms with Crippen molar-refractivity contribution in [2.75, 3.05) is 0 Å². The van der Waals surface area contributed by atoms with Gasteiger partial charge in [0.05, 0.1) is 11.3 Å². The SMILES string of the molecule is Cc1ccc(-c2nn(-c3ccccc3)cc2C#N)cc1. The van der Waals surface area contributed by atoms with E-state index >= 15 is 0 Å². The van der Waals surface area contributed by atoms with Crippen molar-refractivity contribution in [1.29, 1.82) is 5.26 Å². The zero-order chi connectivity index (χ0) is 13.9. The summed E-state index contributed by atoms with van der Waals surface area (Å²) in [6, 6.07) is 20.0. The minimum atomic E-state index is 0.581. The van der Waals surface area contributed by atoms with E-state index in [0.717, 1.165) is 16.9 Å². The van der Waals surface area contributed by atoms with Gasteiger partial charge in [0.1, 0.15) is 11.8 Å². The predicted molar refractivity (Wildman–Crippen MR) is 78.5 cm³/mol. The topological polar surface area (TPSA) is 41.6 Å². The number of nitriles is 1. The summed E-state index contributed by atoms with van der Waals surface area (Å²) in [5, 5.41) is 13.8. The fourth-order valence-corrected chi connectivity index (χ4v) is 2.09. The molecule has 0 bridgehead atoms. The van der Waals surface area contributed by atoms with Crippen molar-refractivity contribution in [1.82, 2.24) is 9.78 Å². The van der Waals surface area contributed by atoms with E-state index < -0.39 is 0 Å². The second-order valence-corrected chi connectivity index (χ2v) is 4.65. The minimum absolute atomic E-state index is 0.581. The normalized spacial score (nSPS) is 10.2. The molecule has 0 fully saturated rings. The molecule has 3 rings (SSSR count). The number of nitrogens with zero attached hydrogens (tertiary/aromatic N) is 3. The van der Waals surface area contributed by atoms with Gasteiger partial charge in [0, 0.05) is 11.8 Å². The van der Waals surface area contributed by atoms with E-state index in [1.807, 2.05) is 61.5 Å². The molecule has 3 aromatic rings. The van der Waals surface area contributed by atoms with Crippen molar-refractivity contribution in [3.8, 4) is 23.0 Å². The average Bonchev–Trinajstić information content (AvgIpc) is 2.93. The van der Waals surface area contributed by atoms with Crippen LogP contribution < -0.4 is 0 Å². The van der Waals surface area contributed by atoms with Gasteiger partial charge >= 0.3 is 0 Å². The number of aromatic nitrogens is 2. The highest BCUT2D eigenvalue weighted by molar-refractivity contribution is 5.66. The summed E-state index contributed by atoms with van der Waals surface area (Å²) in [7, 11) is 0. The van der Waals surface area contributed by atoms with Gasteiger partial charge in [0.2, 0.25) is 0 Å². The standard InChI is InChI=1S/C17H13N3/c1-13-7-9-14(10-8-13)17-15(11-18)12-20(19-17)16-5-3-2-4-6-16/h2-10,12H,1H3. The Kier molecular flexibility index (Phi) is 3.06. The minimum Gasteiger partial charge on any atom is -0.239 e. The molecule has 0 aliphatic carbocycles. The van der Waals surface area contributed by atoms with Crippen LogP contribution in [0, 0.1) is 18.3 Å². The van der Waals surface area contributed by atoms with E-state index in [1.54, 1.807) is 10.9 Å². The van der Waals surface area contributed by atoms with Crippen LogP contribution >= 0.6 is 0 Å². The molecule has 1 heterocycles. The van der Waals surface area contributed by atoms with E-state index in [4.69, 9.17) is 0 Å². The highest BCUT2D eigenvalue weighted by atomic mass is 15.3. The van der Waals surface area contributed by atoms with Crippen LogP contribution in [0.3, 0.4) is 0 Å². The predicted octanol–water partition coefficient (Wildman–Crippen LogP) is 3.72. The first-order valence-electron chi connectivity index (χ1n) is 6.40. The van der Waals surface area contributed by atoms with Gasteiger partial charge in [0.25, 0.3) is 0 Å². The molecule has 0 saturated carbocycles. The highest BCUT2D eigenvalue weighted by Crippen LogP contribution is 2.23. The molecular weight excluding hydrogens is 246 g/mol. The molecule has 1 aromatic heterocycles. The zero-order valence-electron chi connectivity index (χ0n) is 11.1. The summed E-state index contributed by atoms with van der Waals surface area (Å²) in [6.45, 7) is 2.04. The van der Waals surface area contributed by atoms with Gasteiger partial charge in [-0.15, -0.1) is 0 Å². The van der Waals surface area contributed by atoms with Crippen LogP contribution in [-0.2, 0) is 0 Å². The Morgan fingerprint density at radius 2 is 1.70 bits per heavy atom. The number of para-hydroxylation sites is 1. The van der Waals surface area contributed by atoms with Crippen molar-refractivity contribution in [3.05, 3.63) is 71.9 Å². The first kappa shape index (κ1) is 12.2. The van der Waals surface area contributed by atoms with Crippen LogP contribution in [0.4, 0.5) is 0 Å². The maximum atomic E-state index is 9.29. The number of hydrogen-bond donors (Lipinski definition) is 0. The van der Waals surface area contributed by atoms with E-state index in [2.05, 4.69) is 11.2 Å². The molecule has 0 N–H and O–H groups in total. The molecule has 20 heavy (non-hydrogen) atoms. The number of hydrogen-bond acceptors (Lipinski definition) is 2. The van der Waals surface area contributed by atoms with E-state index in [1.165, 1.54) is 5.56 Å².